The van der Waals surface area contributed by atoms with Gasteiger partial charge in [-0.25, -0.2) is 9.18 Å². The molecule has 0 radical (unpaired) electrons. The molecule has 0 amide bonds. The lowest BCUT2D eigenvalue weighted by Gasteiger charge is -2.43. The molecule has 2 heterocycles. The summed E-state index contributed by atoms with van der Waals surface area (Å²) >= 11 is 0. The van der Waals surface area contributed by atoms with Crippen LogP contribution in [0.5, 0.6) is 0 Å². The van der Waals surface area contributed by atoms with Crippen LogP contribution in [0.25, 0.3) is 0 Å². The maximum Gasteiger partial charge on any atom is 0.354 e. The topological polar surface area (TPSA) is 85.2 Å². The van der Waals surface area contributed by atoms with Gasteiger partial charge in [0.15, 0.2) is 5.78 Å². The molecule has 29 heavy (non-hydrogen) atoms. The fraction of sp³-hybridized carbons (Fsp3) is 0.500. The van der Waals surface area contributed by atoms with E-state index in [1.807, 2.05) is 6.92 Å². The van der Waals surface area contributed by atoms with E-state index in [1.165, 1.54) is 18.2 Å². The summed E-state index contributed by atoms with van der Waals surface area (Å²) in [5.41, 5.74) is -3.47. The standard InChI is InChI=1S/C22H22FNO5/c1-12-7-8-14-18(20(2)17(25)9-10-22(12,20)27)28-19(26)21(14)11-16(24-29-21)13-5-3-4-6-15(13)23/h3-6,9-10,12,14,18,27H,7-8,11H2,1-2H3/t12-,14+,18+,20-,21?,22+/m0/s1. The Hall–Kier alpha value is -2.54. The summed E-state index contributed by atoms with van der Waals surface area (Å²) in [6, 6.07) is 6.20. The molecular formula is C22H22FNO5. The third-order valence-corrected chi connectivity index (χ3v) is 7.54. The average molecular weight is 399 g/mol. The van der Waals surface area contributed by atoms with E-state index in [2.05, 4.69) is 5.16 Å². The Labute approximate surface area is 167 Å². The normalized spacial score (nSPS) is 42.9. The SMILES string of the molecule is C[C@H]1CC[C@@H]2[C@@H](OC(=O)C23CC(c2ccccc2F)=NO3)[C@]2(C)C(=O)C=C[C@@]12O. The van der Waals surface area contributed by atoms with Crippen LogP contribution < -0.4 is 0 Å². The van der Waals surface area contributed by atoms with Crippen molar-refractivity contribution in [2.45, 2.75) is 50.4 Å². The second-order valence-corrected chi connectivity index (χ2v) is 8.81. The van der Waals surface area contributed by atoms with Crippen LogP contribution in [0.4, 0.5) is 4.39 Å². The van der Waals surface area contributed by atoms with E-state index in [0.29, 0.717) is 18.6 Å². The minimum absolute atomic E-state index is 0.0679. The third-order valence-electron chi connectivity index (χ3n) is 7.54. The zero-order valence-corrected chi connectivity index (χ0v) is 16.2. The number of aliphatic hydroxyl groups is 1. The van der Waals surface area contributed by atoms with Gasteiger partial charge in [-0.05, 0) is 43.9 Å². The van der Waals surface area contributed by atoms with E-state index in [4.69, 9.17) is 9.57 Å². The van der Waals surface area contributed by atoms with Gasteiger partial charge in [0, 0.05) is 12.0 Å². The Morgan fingerprint density at radius 2 is 2.00 bits per heavy atom. The number of carbonyl (C=O) groups is 2. The summed E-state index contributed by atoms with van der Waals surface area (Å²) in [6.45, 7) is 3.56. The van der Waals surface area contributed by atoms with Crippen molar-refractivity contribution in [1.82, 2.24) is 0 Å². The maximum absolute atomic E-state index is 14.3. The second kappa shape index (κ2) is 5.75. The Bertz CT molecular complexity index is 989. The Morgan fingerprint density at radius 3 is 2.76 bits per heavy atom. The first kappa shape index (κ1) is 18.5. The molecule has 6 atom stereocenters. The Kier molecular flexibility index (Phi) is 3.67. The zero-order valence-electron chi connectivity index (χ0n) is 16.2. The van der Waals surface area contributed by atoms with Crippen LogP contribution in [0.3, 0.4) is 0 Å². The van der Waals surface area contributed by atoms with Crippen LogP contribution in [0.2, 0.25) is 0 Å². The first-order valence-electron chi connectivity index (χ1n) is 9.91. The van der Waals surface area contributed by atoms with E-state index in [1.54, 1.807) is 25.1 Å². The van der Waals surface area contributed by atoms with Crippen molar-refractivity contribution < 1.29 is 28.7 Å². The number of hydrogen-bond donors (Lipinski definition) is 1. The number of benzene rings is 1. The van der Waals surface area contributed by atoms with Gasteiger partial charge >= 0.3 is 5.97 Å². The molecule has 4 aliphatic rings. The summed E-state index contributed by atoms with van der Waals surface area (Å²) in [5.74, 6) is -2.00. The maximum atomic E-state index is 14.3. The predicted octanol–water partition coefficient (Wildman–Crippen LogP) is 2.54. The van der Waals surface area contributed by atoms with Crippen molar-refractivity contribution in [3.8, 4) is 0 Å². The Morgan fingerprint density at radius 1 is 1.24 bits per heavy atom. The highest BCUT2D eigenvalue weighted by molar-refractivity contribution is 6.06. The molecule has 1 aromatic rings. The van der Waals surface area contributed by atoms with Crippen LogP contribution in [0.1, 0.15) is 38.7 Å². The highest BCUT2D eigenvalue weighted by Crippen LogP contribution is 2.59. The summed E-state index contributed by atoms with van der Waals surface area (Å²) in [5, 5.41) is 15.5. The average Bonchev–Trinajstić information content (AvgIpc) is 3.31. The van der Waals surface area contributed by atoms with Gasteiger partial charge < -0.3 is 14.7 Å². The lowest BCUT2D eigenvalue weighted by Crippen LogP contribution is -2.57. The van der Waals surface area contributed by atoms with Crippen molar-refractivity contribution in [3.63, 3.8) is 0 Å². The highest BCUT2D eigenvalue weighted by atomic mass is 19.1. The molecule has 1 saturated heterocycles. The van der Waals surface area contributed by atoms with Crippen LogP contribution >= 0.6 is 0 Å². The molecule has 2 aliphatic heterocycles. The number of hydrogen-bond acceptors (Lipinski definition) is 6. The van der Waals surface area contributed by atoms with Gasteiger partial charge in [-0.3, -0.25) is 4.79 Å². The fourth-order valence-electron chi connectivity index (χ4n) is 5.64. The second-order valence-electron chi connectivity index (χ2n) is 8.81. The number of nitrogens with zero attached hydrogens (tertiary/aromatic N) is 1. The fourth-order valence-corrected chi connectivity index (χ4v) is 5.64. The molecule has 152 valence electrons. The molecule has 6 nitrogen and oxygen atoms in total. The molecule has 5 rings (SSSR count). The van der Waals surface area contributed by atoms with Crippen molar-refractivity contribution in [2.24, 2.45) is 22.4 Å². The monoisotopic (exact) mass is 399 g/mol. The van der Waals surface area contributed by atoms with Crippen LogP contribution in [-0.4, -0.2) is 39.9 Å². The van der Waals surface area contributed by atoms with Crippen LogP contribution in [0, 0.1) is 23.1 Å². The quantitative estimate of drug-likeness (QED) is 0.734. The van der Waals surface area contributed by atoms with Gasteiger partial charge in [0.1, 0.15) is 22.9 Å². The summed E-state index contributed by atoms with van der Waals surface area (Å²) in [6.07, 6.45) is 3.26. The van der Waals surface area contributed by atoms with E-state index in [-0.39, 0.29) is 23.7 Å². The molecule has 1 saturated carbocycles. The van der Waals surface area contributed by atoms with E-state index in [0.717, 1.165) is 0 Å². The molecule has 7 heteroatoms. The molecule has 1 unspecified atom stereocenters. The lowest BCUT2D eigenvalue weighted by atomic mass is 9.63. The number of esters is 1. The largest absolute Gasteiger partial charge is 0.458 e. The smallest absolute Gasteiger partial charge is 0.354 e. The van der Waals surface area contributed by atoms with Crippen LogP contribution in [0.15, 0.2) is 41.6 Å². The van der Waals surface area contributed by atoms with Gasteiger partial charge in [0.2, 0.25) is 5.60 Å². The van der Waals surface area contributed by atoms with Crippen LogP contribution in [-0.2, 0) is 19.2 Å². The van der Waals surface area contributed by atoms with Gasteiger partial charge in [-0.15, -0.1) is 0 Å². The van der Waals surface area contributed by atoms with Gasteiger partial charge in [-0.1, -0.05) is 30.3 Å². The summed E-state index contributed by atoms with van der Waals surface area (Å²) in [7, 11) is 0. The molecule has 0 bridgehead atoms. The van der Waals surface area contributed by atoms with E-state index >= 15 is 0 Å². The molecule has 1 spiro atoms. The number of ether oxygens (including phenoxy) is 1. The van der Waals surface area contributed by atoms with Crippen molar-refractivity contribution in [2.75, 3.05) is 0 Å². The third kappa shape index (κ3) is 2.11. The number of oxime groups is 1. The van der Waals surface area contributed by atoms with Gasteiger partial charge in [-0.2, -0.15) is 0 Å². The number of ketones is 1. The highest BCUT2D eigenvalue weighted by Gasteiger charge is 2.73. The molecule has 0 aromatic heterocycles. The molecule has 2 fully saturated rings. The van der Waals surface area contributed by atoms with Crippen molar-refractivity contribution in [3.05, 3.63) is 47.8 Å². The number of halogens is 1. The summed E-state index contributed by atoms with van der Waals surface area (Å²) in [4.78, 5) is 31.6. The van der Waals surface area contributed by atoms with Gasteiger partial charge in [0.25, 0.3) is 0 Å². The molecular weight excluding hydrogens is 377 g/mol. The number of allylic oxidation sites excluding steroid dienone is 1. The Balaban J connectivity index is 1.55. The number of rotatable bonds is 1. The zero-order chi connectivity index (χ0) is 20.6. The lowest BCUT2D eigenvalue weighted by molar-refractivity contribution is -0.169. The molecule has 1 aromatic carbocycles. The molecule has 2 aliphatic carbocycles. The first-order valence-corrected chi connectivity index (χ1v) is 9.91. The van der Waals surface area contributed by atoms with Crippen molar-refractivity contribution in [1.29, 1.82) is 0 Å². The number of carbonyl (C=O) groups excluding carboxylic acids is 2. The molecule has 1 N–H and O–H groups in total. The first-order chi connectivity index (χ1) is 13.7. The van der Waals surface area contributed by atoms with Gasteiger partial charge in [0.05, 0.1) is 11.6 Å². The predicted molar refractivity (Wildman–Crippen MR) is 100 cm³/mol. The van der Waals surface area contributed by atoms with Crippen molar-refractivity contribution >= 4 is 17.5 Å². The number of fused-ring (bicyclic) bond motifs is 4. The van der Waals surface area contributed by atoms with E-state index in [9.17, 15) is 19.1 Å². The van der Waals surface area contributed by atoms with E-state index < -0.39 is 40.4 Å². The minimum atomic E-state index is -1.40. The minimum Gasteiger partial charge on any atom is -0.458 e. The summed E-state index contributed by atoms with van der Waals surface area (Å²) < 4.78 is 20.0.